The molecule has 4 aliphatic rings. The summed E-state index contributed by atoms with van der Waals surface area (Å²) < 4.78 is 4.84. The van der Waals surface area contributed by atoms with Crippen molar-refractivity contribution in [3.8, 4) is 0 Å². The van der Waals surface area contributed by atoms with Gasteiger partial charge in [-0.05, 0) is 112 Å². The molecule has 148 valence electrons. The first-order valence-corrected chi connectivity index (χ1v) is 11.3. The van der Waals surface area contributed by atoms with Crippen LogP contribution in [0.3, 0.4) is 0 Å². The van der Waals surface area contributed by atoms with E-state index in [1.807, 2.05) is 0 Å². The van der Waals surface area contributed by atoms with Crippen molar-refractivity contribution in [2.75, 3.05) is 7.11 Å². The quantitative estimate of drug-likeness (QED) is 0.730. The van der Waals surface area contributed by atoms with Gasteiger partial charge in [-0.25, -0.2) is 0 Å². The number of methoxy groups -OCH3 is 1. The molecule has 9 atom stereocenters. The molecule has 0 aliphatic heterocycles. The largest absolute Gasteiger partial charge is 0.469 e. The Morgan fingerprint density at radius 2 is 1.54 bits per heavy atom. The van der Waals surface area contributed by atoms with Crippen LogP contribution in [0.15, 0.2) is 0 Å². The van der Waals surface area contributed by atoms with Crippen LogP contribution < -0.4 is 0 Å². The number of aliphatic hydroxyl groups excluding tert-OH is 1. The Morgan fingerprint density at radius 3 is 2.35 bits per heavy atom. The number of ether oxygens (including phenoxy) is 1. The fourth-order valence-electron chi connectivity index (χ4n) is 7.90. The molecule has 0 bridgehead atoms. The molecular weight excluding hydrogens is 324 g/mol. The van der Waals surface area contributed by atoms with Gasteiger partial charge in [0.25, 0.3) is 0 Å². The molecule has 0 spiro atoms. The summed E-state index contributed by atoms with van der Waals surface area (Å²) in [5, 5.41) is 10.1. The molecule has 3 heteroatoms. The lowest BCUT2D eigenvalue weighted by molar-refractivity contribution is -0.141. The zero-order valence-electron chi connectivity index (χ0n) is 16.7. The SMILES string of the molecule is COC(=O)CC[C@@H](C)[C@H]1CC[C@@H]2[C@@H]1CC[C@H]1[C@H]2CCC2CC(O)CC[C@@H]21. The molecule has 4 saturated carbocycles. The Bertz CT molecular complexity index is 504. The number of esters is 1. The van der Waals surface area contributed by atoms with E-state index in [0.717, 1.165) is 60.7 Å². The van der Waals surface area contributed by atoms with E-state index in [9.17, 15) is 9.90 Å². The van der Waals surface area contributed by atoms with E-state index < -0.39 is 0 Å². The molecule has 4 fully saturated rings. The third kappa shape index (κ3) is 3.45. The molecule has 0 amide bonds. The molecule has 1 N–H and O–H groups in total. The van der Waals surface area contributed by atoms with Crippen LogP contribution in [-0.4, -0.2) is 24.3 Å². The van der Waals surface area contributed by atoms with Crippen molar-refractivity contribution in [1.29, 1.82) is 0 Å². The highest BCUT2D eigenvalue weighted by atomic mass is 16.5. The molecule has 0 saturated heterocycles. The predicted octanol–water partition coefficient (Wildman–Crippen LogP) is 4.82. The molecule has 0 radical (unpaired) electrons. The maximum absolute atomic E-state index is 11.5. The van der Waals surface area contributed by atoms with Crippen LogP contribution in [0.25, 0.3) is 0 Å². The van der Waals surface area contributed by atoms with Crippen LogP contribution in [0.2, 0.25) is 0 Å². The number of aliphatic hydroxyl groups is 1. The lowest BCUT2D eigenvalue weighted by Gasteiger charge is -2.53. The van der Waals surface area contributed by atoms with Crippen LogP contribution in [0.1, 0.15) is 77.6 Å². The summed E-state index contributed by atoms with van der Waals surface area (Å²) in [6.45, 7) is 2.38. The fourth-order valence-corrected chi connectivity index (χ4v) is 7.90. The van der Waals surface area contributed by atoms with E-state index in [1.165, 1.54) is 52.1 Å². The molecular formula is C23H38O3. The van der Waals surface area contributed by atoms with Crippen LogP contribution in [0.4, 0.5) is 0 Å². The van der Waals surface area contributed by atoms with E-state index in [-0.39, 0.29) is 12.1 Å². The maximum atomic E-state index is 11.5. The van der Waals surface area contributed by atoms with Gasteiger partial charge in [-0.15, -0.1) is 0 Å². The zero-order chi connectivity index (χ0) is 18.3. The highest BCUT2D eigenvalue weighted by Crippen LogP contribution is 2.60. The normalized spacial score (nSPS) is 46.0. The first-order valence-electron chi connectivity index (χ1n) is 11.3. The number of carbonyl (C=O) groups is 1. The Labute approximate surface area is 159 Å². The van der Waals surface area contributed by atoms with E-state index in [1.54, 1.807) is 0 Å². The Kier molecular flexibility index (Phi) is 5.64. The van der Waals surface area contributed by atoms with Crippen LogP contribution in [0.5, 0.6) is 0 Å². The second kappa shape index (κ2) is 7.81. The van der Waals surface area contributed by atoms with E-state index in [2.05, 4.69) is 6.92 Å². The minimum absolute atomic E-state index is 0.0179. The van der Waals surface area contributed by atoms with Crippen molar-refractivity contribution >= 4 is 5.97 Å². The molecule has 0 heterocycles. The van der Waals surface area contributed by atoms with Gasteiger partial charge in [-0.2, -0.15) is 0 Å². The predicted molar refractivity (Wildman–Crippen MR) is 102 cm³/mol. The zero-order valence-corrected chi connectivity index (χ0v) is 16.7. The summed E-state index contributed by atoms with van der Waals surface area (Å²) in [6, 6.07) is 0. The smallest absolute Gasteiger partial charge is 0.305 e. The number of carbonyl (C=O) groups excluding carboxylic acids is 1. The lowest BCUT2D eigenvalue weighted by Crippen LogP contribution is -2.46. The lowest BCUT2D eigenvalue weighted by atomic mass is 9.53. The minimum Gasteiger partial charge on any atom is -0.469 e. The molecule has 0 aromatic rings. The monoisotopic (exact) mass is 362 g/mol. The summed E-state index contributed by atoms with van der Waals surface area (Å²) in [5.74, 6) is 6.93. The highest BCUT2D eigenvalue weighted by Gasteiger charge is 2.52. The fraction of sp³-hybridized carbons (Fsp3) is 0.957. The van der Waals surface area contributed by atoms with Crippen LogP contribution in [0, 0.1) is 47.3 Å². The molecule has 4 rings (SSSR count). The molecule has 0 aromatic carbocycles. The number of rotatable bonds is 4. The number of fused-ring (bicyclic) bond motifs is 5. The van der Waals surface area contributed by atoms with Gasteiger partial charge in [0.15, 0.2) is 0 Å². The average Bonchev–Trinajstić information content (AvgIpc) is 3.09. The maximum Gasteiger partial charge on any atom is 0.305 e. The topological polar surface area (TPSA) is 46.5 Å². The Hall–Kier alpha value is -0.570. The highest BCUT2D eigenvalue weighted by molar-refractivity contribution is 5.69. The third-order valence-corrected chi connectivity index (χ3v) is 9.06. The number of hydrogen-bond donors (Lipinski definition) is 1. The summed E-state index contributed by atoms with van der Waals surface area (Å²) in [5.41, 5.74) is 0. The van der Waals surface area contributed by atoms with Crippen molar-refractivity contribution in [3.05, 3.63) is 0 Å². The third-order valence-electron chi connectivity index (χ3n) is 9.06. The van der Waals surface area contributed by atoms with Gasteiger partial charge >= 0.3 is 5.97 Å². The summed E-state index contributed by atoms with van der Waals surface area (Å²) in [7, 11) is 1.50. The van der Waals surface area contributed by atoms with Crippen LogP contribution >= 0.6 is 0 Å². The first kappa shape index (κ1) is 18.8. The van der Waals surface area contributed by atoms with Gasteiger partial charge in [0.1, 0.15) is 0 Å². The van der Waals surface area contributed by atoms with Gasteiger partial charge in [0.2, 0.25) is 0 Å². The van der Waals surface area contributed by atoms with Gasteiger partial charge < -0.3 is 9.84 Å². The molecule has 2 unspecified atom stereocenters. The molecule has 0 aromatic heterocycles. The molecule has 26 heavy (non-hydrogen) atoms. The van der Waals surface area contributed by atoms with Gasteiger partial charge in [0.05, 0.1) is 13.2 Å². The summed E-state index contributed by atoms with van der Waals surface area (Å²) in [4.78, 5) is 11.5. The van der Waals surface area contributed by atoms with Gasteiger partial charge in [-0.1, -0.05) is 6.92 Å². The second-order valence-electron chi connectivity index (χ2n) is 10.0. The van der Waals surface area contributed by atoms with Crippen molar-refractivity contribution in [2.24, 2.45) is 47.3 Å². The van der Waals surface area contributed by atoms with E-state index in [4.69, 9.17) is 4.74 Å². The molecule has 3 nitrogen and oxygen atoms in total. The van der Waals surface area contributed by atoms with E-state index in [0.29, 0.717) is 12.3 Å². The van der Waals surface area contributed by atoms with Crippen LogP contribution in [-0.2, 0) is 9.53 Å². The Balaban J connectivity index is 1.38. The van der Waals surface area contributed by atoms with Gasteiger partial charge in [0, 0.05) is 6.42 Å². The second-order valence-corrected chi connectivity index (χ2v) is 10.0. The first-order chi connectivity index (χ1) is 12.6. The van der Waals surface area contributed by atoms with Crippen molar-refractivity contribution in [1.82, 2.24) is 0 Å². The number of hydrogen-bond acceptors (Lipinski definition) is 3. The Morgan fingerprint density at radius 1 is 0.923 bits per heavy atom. The minimum atomic E-state index is -0.0482. The summed E-state index contributed by atoms with van der Waals surface area (Å²) >= 11 is 0. The summed E-state index contributed by atoms with van der Waals surface area (Å²) in [6.07, 6.45) is 13.4. The standard InChI is InChI=1S/C23H38O3/c1-14(3-12-23(25)26-2)17-8-9-22-19(17)10-11-20-18-7-5-16(24)13-15(18)4-6-21(20)22/h14-22,24H,3-13H2,1-2H3/t14-,15?,16?,17-,18+,19-,20-,21-,22-/m1/s1. The van der Waals surface area contributed by atoms with Crippen molar-refractivity contribution < 1.29 is 14.6 Å². The van der Waals surface area contributed by atoms with Crippen molar-refractivity contribution in [3.63, 3.8) is 0 Å². The van der Waals surface area contributed by atoms with Crippen molar-refractivity contribution in [2.45, 2.75) is 83.7 Å². The average molecular weight is 363 g/mol. The van der Waals surface area contributed by atoms with Gasteiger partial charge in [-0.3, -0.25) is 4.79 Å². The molecule has 4 aliphatic carbocycles. The van der Waals surface area contributed by atoms with E-state index >= 15 is 0 Å².